The third-order valence-corrected chi connectivity index (χ3v) is 4.76. The van der Waals surface area contributed by atoms with Crippen LogP contribution in [0.25, 0.3) is 6.08 Å². The minimum absolute atomic E-state index is 0.128. The fraction of sp³-hybridized carbons (Fsp3) is 0.174. The number of benzene rings is 2. The molecule has 2 heterocycles. The zero-order valence-corrected chi connectivity index (χ0v) is 15.8. The number of phenolic OH excluding ortho intramolecular Hbond substituents is 1. The number of furan rings is 1. The summed E-state index contributed by atoms with van der Waals surface area (Å²) < 4.78 is 11.2. The largest absolute Gasteiger partial charge is 0.507 e. The van der Waals surface area contributed by atoms with Crippen molar-refractivity contribution in [1.29, 1.82) is 0 Å². The molecule has 0 atom stereocenters. The van der Waals surface area contributed by atoms with Crippen LogP contribution >= 0.6 is 0 Å². The number of fused-ring (bicyclic) bond motifs is 1. The van der Waals surface area contributed by atoms with E-state index in [2.05, 4.69) is 17.0 Å². The Morgan fingerprint density at radius 3 is 2.61 bits per heavy atom. The fourth-order valence-electron chi connectivity index (χ4n) is 3.46. The molecule has 0 bridgehead atoms. The van der Waals surface area contributed by atoms with Gasteiger partial charge in [-0.25, -0.2) is 0 Å². The molecule has 1 aliphatic rings. The van der Waals surface area contributed by atoms with Gasteiger partial charge in [-0.3, -0.25) is 9.69 Å². The summed E-state index contributed by atoms with van der Waals surface area (Å²) in [6, 6.07) is 15.2. The maximum absolute atomic E-state index is 12.9. The second-order valence-corrected chi connectivity index (χ2v) is 7.01. The summed E-state index contributed by atoms with van der Waals surface area (Å²) in [4.78, 5) is 14.9. The Morgan fingerprint density at radius 2 is 1.89 bits per heavy atom. The average Bonchev–Trinajstić information content (AvgIpc) is 3.28. The molecule has 0 radical (unpaired) electrons. The van der Waals surface area contributed by atoms with Crippen molar-refractivity contribution in [2.45, 2.75) is 20.0 Å². The van der Waals surface area contributed by atoms with Crippen molar-refractivity contribution in [2.24, 2.45) is 0 Å². The lowest BCUT2D eigenvalue weighted by Crippen LogP contribution is -2.17. The number of ether oxygens (including phenoxy) is 1. The Morgan fingerprint density at radius 1 is 1.11 bits per heavy atom. The van der Waals surface area contributed by atoms with Crippen LogP contribution in [-0.2, 0) is 13.1 Å². The maximum Gasteiger partial charge on any atom is 0.232 e. The Bertz CT molecular complexity index is 1040. The summed E-state index contributed by atoms with van der Waals surface area (Å²) in [6.07, 6.45) is 3.12. The first kappa shape index (κ1) is 18.1. The van der Waals surface area contributed by atoms with Crippen LogP contribution in [0.2, 0.25) is 0 Å². The molecule has 0 spiro atoms. The van der Waals surface area contributed by atoms with Crippen LogP contribution in [0.1, 0.15) is 32.8 Å². The predicted molar refractivity (Wildman–Crippen MR) is 106 cm³/mol. The molecular weight excluding hydrogens is 354 g/mol. The standard InChI is InChI=1S/C23H21NO4/c1-15-11-19(25)18(14-24(2)13-16-7-4-3-5-8-16)23-21(15)22(26)20(28-23)12-17-9-6-10-27-17/h3-12,25H,13-14H2,1-2H3/b20-12-. The fourth-order valence-corrected chi connectivity index (χ4v) is 3.46. The van der Waals surface area contributed by atoms with Gasteiger partial charge in [-0.15, -0.1) is 0 Å². The maximum atomic E-state index is 12.9. The minimum atomic E-state index is -0.198. The Hall–Kier alpha value is -3.31. The van der Waals surface area contributed by atoms with E-state index in [1.807, 2.05) is 25.2 Å². The van der Waals surface area contributed by atoms with E-state index in [4.69, 9.17) is 9.15 Å². The Labute approximate surface area is 163 Å². The van der Waals surface area contributed by atoms with Crippen molar-refractivity contribution in [1.82, 2.24) is 4.90 Å². The molecule has 5 nitrogen and oxygen atoms in total. The number of hydrogen-bond donors (Lipinski definition) is 1. The zero-order valence-electron chi connectivity index (χ0n) is 15.8. The molecule has 2 aromatic carbocycles. The summed E-state index contributed by atoms with van der Waals surface area (Å²) >= 11 is 0. The third-order valence-electron chi connectivity index (χ3n) is 4.76. The van der Waals surface area contributed by atoms with Gasteiger partial charge in [0, 0.05) is 19.2 Å². The highest BCUT2D eigenvalue weighted by Crippen LogP contribution is 2.42. The summed E-state index contributed by atoms with van der Waals surface area (Å²) in [6.45, 7) is 2.96. The molecule has 1 aromatic heterocycles. The van der Waals surface area contributed by atoms with Crippen LogP contribution < -0.4 is 4.74 Å². The molecule has 0 unspecified atom stereocenters. The number of phenols is 1. The highest BCUT2D eigenvalue weighted by Gasteiger charge is 2.33. The van der Waals surface area contributed by atoms with Crippen LogP contribution in [0.3, 0.4) is 0 Å². The van der Waals surface area contributed by atoms with E-state index in [-0.39, 0.29) is 17.3 Å². The third kappa shape index (κ3) is 3.44. The summed E-state index contributed by atoms with van der Waals surface area (Å²) in [7, 11) is 1.97. The molecule has 28 heavy (non-hydrogen) atoms. The van der Waals surface area contributed by atoms with E-state index in [0.717, 1.165) is 0 Å². The van der Waals surface area contributed by atoms with Gasteiger partial charge in [-0.2, -0.15) is 0 Å². The van der Waals surface area contributed by atoms with Gasteiger partial charge in [0.15, 0.2) is 5.76 Å². The van der Waals surface area contributed by atoms with Crippen LogP contribution in [0.4, 0.5) is 0 Å². The van der Waals surface area contributed by atoms with Crippen LogP contribution in [-0.4, -0.2) is 22.8 Å². The van der Waals surface area contributed by atoms with E-state index < -0.39 is 0 Å². The Balaban J connectivity index is 1.65. The van der Waals surface area contributed by atoms with E-state index in [9.17, 15) is 9.90 Å². The van der Waals surface area contributed by atoms with Gasteiger partial charge in [0.1, 0.15) is 17.3 Å². The zero-order chi connectivity index (χ0) is 19.7. The summed E-state index contributed by atoms with van der Waals surface area (Å²) in [5.74, 6) is 1.10. The molecule has 0 aliphatic carbocycles. The van der Waals surface area contributed by atoms with E-state index in [1.54, 1.807) is 37.5 Å². The number of Topliss-reactive ketones (excluding diaryl/α,β-unsaturated/α-hetero) is 1. The van der Waals surface area contributed by atoms with E-state index >= 15 is 0 Å². The van der Waals surface area contributed by atoms with Crippen LogP contribution in [0, 0.1) is 6.92 Å². The van der Waals surface area contributed by atoms with Gasteiger partial charge in [0.2, 0.25) is 5.78 Å². The Kier molecular flexibility index (Phi) is 4.75. The highest BCUT2D eigenvalue weighted by molar-refractivity contribution is 6.15. The smallest absolute Gasteiger partial charge is 0.232 e. The van der Waals surface area contributed by atoms with Crippen molar-refractivity contribution < 1.29 is 19.1 Å². The number of carbonyl (C=O) groups excluding carboxylic acids is 1. The van der Waals surface area contributed by atoms with Gasteiger partial charge in [-0.05, 0) is 43.3 Å². The quantitative estimate of drug-likeness (QED) is 0.663. The van der Waals surface area contributed by atoms with Crippen molar-refractivity contribution >= 4 is 11.9 Å². The average molecular weight is 375 g/mol. The monoisotopic (exact) mass is 375 g/mol. The lowest BCUT2D eigenvalue weighted by molar-refractivity contribution is 0.101. The van der Waals surface area contributed by atoms with Crippen LogP contribution in [0.5, 0.6) is 11.5 Å². The summed E-state index contributed by atoms with van der Waals surface area (Å²) in [5.41, 5.74) is 2.97. The molecule has 4 rings (SSSR count). The minimum Gasteiger partial charge on any atom is -0.507 e. The second kappa shape index (κ2) is 7.37. The molecule has 3 aromatic rings. The lowest BCUT2D eigenvalue weighted by Gasteiger charge is -2.19. The SMILES string of the molecule is Cc1cc(O)c(CN(C)Cc2ccccc2)c2c1C(=O)/C(=C/c1ccco1)O2. The molecule has 0 fully saturated rings. The number of ketones is 1. The number of aryl methyl sites for hydroxylation is 1. The molecule has 5 heteroatoms. The highest BCUT2D eigenvalue weighted by atomic mass is 16.5. The van der Waals surface area contributed by atoms with E-state index in [1.165, 1.54) is 5.56 Å². The van der Waals surface area contributed by atoms with Crippen molar-refractivity contribution in [2.75, 3.05) is 7.05 Å². The number of carbonyl (C=O) groups is 1. The van der Waals surface area contributed by atoms with Crippen LogP contribution in [0.15, 0.2) is 65.0 Å². The number of nitrogens with zero attached hydrogens (tertiary/aromatic N) is 1. The van der Waals surface area contributed by atoms with Crippen molar-refractivity contribution in [3.05, 3.63) is 88.6 Å². The van der Waals surface area contributed by atoms with E-state index in [0.29, 0.717) is 41.3 Å². The lowest BCUT2D eigenvalue weighted by atomic mass is 9.99. The summed E-state index contributed by atoms with van der Waals surface area (Å²) in [5, 5.41) is 10.5. The first-order valence-electron chi connectivity index (χ1n) is 9.08. The first-order valence-corrected chi connectivity index (χ1v) is 9.08. The molecule has 0 amide bonds. The molecule has 142 valence electrons. The van der Waals surface area contributed by atoms with Crippen molar-refractivity contribution in [3.8, 4) is 11.5 Å². The number of aromatic hydroxyl groups is 1. The van der Waals surface area contributed by atoms with Gasteiger partial charge in [0.05, 0.1) is 17.4 Å². The normalized spacial score (nSPS) is 14.5. The second-order valence-electron chi connectivity index (χ2n) is 7.01. The molecule has 0 saturated carbocycles. The predicted octanol–water partition coefficient (Wildman–Crippen LogP) is 4.54. The number of rotatable bonds is 5. The molecule has 1 aliphatic heterocycles. The molecule has 1 N–H and O–H groups in total. The van der Waals surface area contributed by atoms with Gasteiger partial charge in [0.25, 0.3) is 0 Å². The first-order chi connectivity index (χ1) is 13.5. The molecular formula is C23H21NO4. The van der Waals surface area contributed by atoms with Crippen molar-refractivity contribution in [3.63, 3.8) is 0 Å². The van der Waals surface area contributed by atoms with Gasteiger partial charge in [-0.1, -0.05) is 30.3 Å². The topological polar surface area (TPSA) is 62.9 Å². The number of allylic oxidation sites excluding steroid dienone is 1. The number of hydrogen-bond acceptors (Lipinski definition) is 5. The molecule has 0 saturated heterocycles. The van der Waals surface area contributed by atoms with Gasteiger partial charge < -0.3 is 14.3 Å². The van der Waals surface area contributed by atoms with Gasteiger partial charge >= 0.3 is 0 Å².